The second-order valence-electron chi connectivity index (χ2n) is 5.61. The summed E-state index contributed by atoms with van der Waals surface area (Å²) in [6.07, 6.45) is 1.65. The van der Waals surface area contributed by atoms with Gasteiger partial charge in [-0.25, -0.2) is 4.63 Å². The zero-order chi connectivity index (χ0) is 19.9. The zero-order valence-corrected chi connectivity index (χ0v) is 15.5. The van der Waals surface area contributed by atoms with E-state index in [2.05, 4.69) is 22.2 Å². The van der Waals surface area contributed by atoms with Crippen molar-refractivity contribution < 1.29 is 23.6 Å². The molecule has 0 unspecified atom stereocenters. The summed E-state index contributed by atoms with van der Waals surface area (Å²) in [6.45, 7) is 3.98. The molecule has 3 aromatic rings. The first-order chi connectivity index (χ1) is 13.7. The Bertz CT molecular complexity index is 966. The van der Waals surface area contributed by atoms with Crippen molar-refractivity contribution in [3.63, 3.8) is 0 Å². The van der Waals surface area contributed by atoms with Gasteiger partial charge in [0.25, 0.3) is 5.91 Å². The number of rotatable bonds is 8. The second kappa shape index (κ2) is 8.72. The highest BCUT2D eigenvalue weighted by molar-refractivity contribution is 6.05. The molecule has 0 spiro atoms. The van der Waals surface area contributed by atoms with Gasteiger partial charge in [-0.2, -0.15) is 0 Å². The van der Waals surface area contributed by atoms with Gasteiger partial charge >= 0.3 is 0 Å². The number of amides is 1. The van der Waals surface area contributed by atoms with Crippen LogP contribution in [-0.4, -0.2) is 37.0 Å². The molecule has 144 valence electrons. The van der Waals surface area contributed by atoms with Crippen molar-refractivity contribution in [2.45, 2.75) is 0 Å². The SMILES string of the molecule is C=CCOc1ccc(C(=O)Nc2nonc2-c2ccc(OC)c(OC)c2)cc1. The van der Waals surface area contributed by atoms with Gasteiger partial charge in [0.15, 0.2) is 17.2 Å². The second-order valence-corrected chi connectivity index (χ2v) is 5.61. The van der Waals surface area contributed by atoms with Gasteiger partial charge in [-0.15, -0.1) is 0 Å². The summed E-state index contributed by atoms with van der Waals surface area (Å²) in [5, 5.41) is 10.4. The molecule has 0 bridgehead atoms. The first-order valence-corrected chi connectivity index (χ1v) is 8.36. The molecule has 0 radical (unpaired) electrons. The van der Waals surface area contributed by atoms with Crippen LogP contribution in [0.3, 0.4) is 0 Å². The van der Waals surface area contributed by atoms with E-state index in [-0.39, 0.29) is 11.7 Å². The monoisotopic (exact) mass is 381 g/mol. The minimum Gasteiger partial charge on any atom is -0.493 e. The Kier molecular flexibility index (Phi) is 5.91. The summed E-state index contributed by atoms with van der Waals surface area (Å²) in [4.78, 5) is 12.5. The molecule has 3 rings (SSSR count). The van der Waals surface area contributed by atoms with Crippen molar-refractivity contribution in [2.24, 2.45) is 0 Å². The molecule has 8 nitrogen and oxygen atoms in total. The number of nitrogens with zero attached hydrogens (tertiary/aromatic N) is 2. The molecule has 0 atom stereocenters. The quantitative estimate of drug-likeness (QED) is 0.596. The Morgan fingerprint density at radius 1 is 1.11 bits per heavy atom. The lowest BCUT2D eigenvalue weighted by Gasteiger charge is -2.09. The molecule has 1 aromatic heterocycles. The minimum absolute atomic E-state index is 0.198. The van der Waals surface area contributed by atoms with Gasteiger partial charge in [0.2, 0.25) is 5.82 Å². The van der Waals surface area contributed by atoms with Gasteiger partial charge in [0, 0.05) is 11.1 Å². The third-order valence-corrected chi connectivity index (χ3v) is 3.86. The van der Waals surface area contributed by atoms with Gasteiger partial charge < -0.3 is 19.5 Å². The molecule has 0 fully saturated rings. The molecule has 2 aromatic carbocycles. The van der Waals surface area contributed by atoms with E-state index in [4.69, 9.17) is 18.8 Å². The minimum atomic E-state index is -0.354. The molecule has 0 saturated heterocycles. The molecule has 1 heterocycles. The van der Waals surface area contributed by atoms with Gasteiger partial charge in [-0.05, 0) is 52.8 Å². The molecule has 0 saturated carbocycles. The number of hydrogen-bond acceptors (Lipinski definition) is 7. The van der Waals surface area contributed by atoms with E-state index >= 15 is 0 Å². The average Bonchev–Trinajstić information content (AvgIpc) is 3.20. The number of methoxy groups -OCH3 is 2. The predicted octanol–water partition coefficient (Wildman–Crippen LogP) is 3.57. The highest BCUT2D eigenvalue weighted by Crippen LogP contribution is 2.33. The Balaban J connectivity index is 1.78. The normalized spacial score (nSPS) is 10.2. The van der Waals surface area contributed by atoms with Crippen molar-refractivity contribution in [2.75, 3.05) is 26.1 Å². The summed E-state index contributed by atoms with van der Waals surface area (Å²) >= 11 is 0. The number of aromatic nitrogens is 2. The predicted molar refractivity (Wildman–Crippen MR) is 103 cm³/mol. The number of anilines is 1. The fourth-order valence-electron chi connectivity index (χ4n) is 2.48. The number of ether oxygens (including phenoxy) is 3. The summed E-state index contributed by atoms with van der Waals surface area (Å²) in [5.74, 6) is 1.59. The van der Waals surface area contributed by atoms with Crippen LogP contribution in [0, 0.1) is 0 Å². The molecule has 8 heteroatoms. The zero-order valence-electron chi connectivity index (χ0n) is 15.5. The van der Waals surface area contributed by atoms with E-state index in [9.17, 15) is 4.79 Å². The highest BCUT2D eigenvalue weighted by atomic mass is 16.6. The van der Waals surface area contributed by atoms with Crippen LogP contribution in [0.2, 0.25) is 0 Å². The Morgan fingerprint density at radius 3 is 2.54 bits per heavy atom. The molecule has 1 N–H and O–H groups in total. The van der Waals surface area contributed by atoms with Gasteiger partial charge in [-0.1, -0.05) is 12.7 Å². The lowest BCUT2D eigenvalue weighted by atomic mass is 10.1. The van der Waals surface area contributed by atoms with Crippen LogP contribution in [0.15, 0.2) is 59.7 Å². The molecule has 28 heavy (non-hydrogen) atoms. The third-order valence-electron chi connectivity index (χ3n) is 3.86. The third kappa shape index (κ3) is 4.12. The van der Waals surface area contributed by atoms with Crippen LogP contribution in [0.4, 0.5) is 5.82 Å². The smallest absolute Gasteiger partial charge is 0.256 e. The van der Waals surface area contributed by atoms with Gasteiger partial charge in [0.1, 0.15) is 12.4 Å². The van der Waals surface area contributed by atoms with Gasteiger partial charge in [0.05, 0.1) is 14.2 Å². The van der Waals surface area contributed by atoms with E-state index in [0.717, 1.165) is 0 Å². The standard InChI is InChI=1S/C20H19N3O5/c1-4-11-27-15-8-5-13(6-9-15)20(24)21-19-18(22-28-23-19)14-7-10-16(25-2)17(12-14)26-3/h4-10,12H,1,11H2,2-3H3,(H,21,23,24). The number of benzene rings is 2. The van der Waals surface area contributed by atoms with Crippen molar-refractivity contribution in [1.29, 1.82) is 0 Å². The lowest BCUT2D eigenvalue weighted by Crippen LogP contribution is -2.12. The number of carbonyl (C=O) groups is 1. The lowest BCUT2D eigenvalue weighted by molar-refractivity contribution is 0.102. The van der Waals surface area contributed by atoms with E-state index in [1.165, 1.54) is 7.11 Å². The molecule has 1 amide bonds. The number of hydrogen-bond donors (Lipinski definition) is 1. The van der Waals surface area contributed by atoms with Gasteiger partial charge in [-0.3, -0.25) is 4.79 Å². The fraction of sp³-hybridized carbons (Fsp3) is 0.150. The van der Waals surface area contributed by atoms with Crippen molar-refractivity contribution in [3.8, 4) is 28.5 Å². The summed E-state index contributed by atoms with van der Waals surface area (Å²) in [6, 6.07) is 11.9. The Morgan fingerprint density at radius 2 is 1.86 bits per heavy atom. The summed E-state index contributed by atoms with van der Waals surface area (Å²) in [5.41, 5.74) is 1.47. The summed E-state index contributed by atoms with van der Waals surface area (Å²) in [7, 11) is 3.09. The topological polar surface area (TPSA) is 95.7 Å². The molecule has 0 aliphatic heterocycles. The van der Waals surface area contributed by atoms with Crippen LogP contribution in [0.1, 0.15) is 10.4 Å². The van der Waals surface area contributed by atoms with E-state index < -0.39 is 0 Å². The van der Waals surface area contributed by atoms with Crippen molar-refractivity contribution in [1.82, 2.24) is 10.3 Å². The molecular weight excluding hydrogens is 362 g/mol. The number of nitrogens with one attached hydrogen (secondary N) is 1. The van der Waals surface area contributed by atoms with Crippen molar-refractivity contribution in [3.05, 3.63) is 60.7 Å². The maximum Gasteiger partial charge on any atom is 0.256 e. The molecule has 0 aliphatic rings. The van der Waals surface area contributed by atoms with E-state index in [0.29, 0.717) is 40.7 Å². The largest absolute Gasteiger partial charge is 0.493 e. The maximum atomic E-state index is 12.5. The van der Waals surface area contributed by atoms with Crippen LogP contribution >= 0.6 is 0 Å². The molecular formula is C20H19N3O5. The number of carbonyl (C=O) groups excluding carboxylic acids is 1. The van der Waals surface area contributed by atoms with Crippen LogP contribution < -0.4 is 19.5 Å². The Hall–Kier alpha value is -3.81. The average molecular weight is 381 g/mol. The fourth-order valence-corrected chi connectivity index (χ4v) is 2.48. The Labute approximate surface area is 161 Å². The molecule has 0 aliphatic carbocycles. The maximum absolute atomic E-state index is 12.5. The highest BCUT2D eigenvalue weighted by Gasteiger charge is 2.18. The summed E-state index contributed by atoms with van der Waals surface area (Å²) < 4.78 is 20.7. The van der Waals surface area contributed by atoms with Crippen molar-refractivity contribution >= 4 is 11.7 Å². The first-order valence-electron chi connectivity index (χ1n) is 8.36. The first kappa shape index (κ1) is 19.0. The van der Waals surface area contributed by atoms with Crippen LogP contribution in [0.5, 0.6) is 17.2 Å². The van der Waals surface area contributed by atoms with E-state index in [1.807, 2.05) is 0 Å². The van der Waals surface area contributed by atoms with Crippen LogP contribution in [-0.2, 0) is 0 Å². The van der Waals surface area contributed by atoms with Crippen LogP contribution in [0.25, 0.3) is 11.3 Å². The van der Waals surface area contributed by atoms with E-state index in [1.54, 1.807) is 55.7 Å².